The van der Waals surface area contributed by atoms with Gasteiger partial charge in [0.25, 0.3) is 5.56 Å². The molecule has 2 bridgehead atoms. The third-order valence-electron chi connectivity index (χ3n) is 4.12. The van der Waals surface area contributed by atoms with Gasteiger partial charge in [0.2, 0.25) is 10.0 Å². The van der Waals surface area contributed by atoms with E-state index in [0.29, 0.717) is 11.8 Å². The van der Waals surface area contributed by atoms with Gasteiger partial charge < -0.3 is 4.98 Å². The van der Waals surface area contributed by atoms with E-state index in [4.69, 9.17) is 0 Å². The van der Waals surface area contributed by atoms with Crippen LogP contribution in [-0.4, -0.2) is 24.4 Å². The summed E-state index contributed by atoms with van der Waals surface area (Å²) in [7, 11) is -3.88. The molecule has 1 aromatic heterocycles. The first-order chi connectivity index (χ1) is 8.95. The van der Waals surface area contributed by atoms with Crippen LogP contribution in [0.25, 0.3) is 0 Å². The largest absolute Gasteiger partial charge is 0.325 e. The number of sulfonamides is 1. The number of rotatable bonds is 3. The van der Waals surface area contributed by atoms with E-state index in [1.165, 1.54) is 6.42 Å². The van der Waals surface area contributed by atoms with Crippen molar-refractivity contribution in [2.75, 3.05) is 0 Å². The Bertz CT molecular complexity index is 705. The summed E-state index contributed by atoms with van der Waals surface area (Å²) < 4.78 is 26.9. The Labute approximate surface area is 109 Å². The van der Waals surface area contributed by atoms with Crippen molar-refractivity contribution in [3.05, 3.63) is 27.0 Å². The second kappa shape index (κ2) is 4.31. The first-order valence-electron chi connectivity index (χ1n) is 6.30. The summed E-state index contributed by atoms with van der Waals surface area (Å²) in [6, 6.07) is -0.0879. The Kier molecular flexibility index (Phi) is 2.86. The monoisotopic (exact) mass is 285 g/mol. The lowest BCUT2D eigenvalue weighted by Crippen LogP contribution is -2.41. The van der Waals surface area contributed by atoms with Gasteiger partial charge in [0, 0.05) is 12.2 Å². The molecule has 7 nitrogen and oxygen atoms in total. The van der Waals surface area contributed by atoms with Gasteiger partial charge >= 0.3 is 5.69 Å². The maximum Gasteiger partial charge on any atom is 0.325 e. The molecule has 0 amide bonds. The third-order valence-corrected chi connectivity index (χ3v) is 5.61. The second-order valence-corrected chi connectivity index (χ2v) is 7.02. The molecule has 1 heterocycles. The van der Waals surface area contributed by atoms with Gasteiger partial charge in [0.05, 0.1) is 0 Å². The third kappa shape index (κ3) is 2.25. The van der Waals surface area contributed by atoms with Crippen LogP contribution in [0.1, 0.15) is 25.7 Å². The molecule has 2 aliphatic rings. The molecule has 2 fully saturated rings. The van der Waals surface area contributed by atoms with Gasteiger partial charge in [0.1, 0.15) is 0 Å². The zero-order valence-electron chi connectivity index (χ0n) is 10.2. The number of hydrogen-bond donors (Lipinski definition) is 3. The molecule has 2 aliphatic carbocycles. The van der Waals surface area contributed by atoms with Crippen LogP contribution in [0.4, 0.5) is 0 Å². The molecule has 2 saturated carbocycles. The van der Waals surface area contributed by atoms with Crippen LogP contribution >= 0.6 is 0 Å². The molecule has 0 saturated heterocycles. The number of H-pyrrole nitrogens is 2. The van der Waals surface area contributed by atoms with Crippen LogP contribution in [0.2, 0.25) is 0 Å². The fourth-order valence-corrected chi connectivity index (χ4v) is 4.57. The van der Waals surface area contributed by atoms with Gasteiger partial charge in [-0.25, -0.2) is 17.9 Å². The maximum atomic E-state index is 12.1. The van der Waals surface area contributed by atoms with Crippen molar-refractivity contribution in [1.82, 2.24) is 14.7 Å². The van der Waals surface area contributed by atoms with Gasteiger partial charge in [-0.1, -0.05) is 6.42 Å². The normalized spacial score (nSPS) is 29.8. The average molecular weight is 285 g/mol. The Balaban J connectivity index is 1.87. The standard InChI is InChI=1S/C11H15N3O4S/c15-10-9(5-12-11(16)13-10)19(17,18)14-8-4-6-1-2-7(8)3-6/h5-8,14H,1-4H2,(H2,12,13,15,16)/t6-,7-,8+/m0/s1. The van der Waals surface area contributed by atoms with E-state index in [0.717, 1.165) is 25.5 Å². The van der Waals surface area contributed by atoms with Gasteiger partial charge in [-0.05, 0) is 31.1 Å². The van der Waals surface area contributed by atoms with Gasteiger partial charge in [-0.2, -0.15) is 0 Å². The molecule has 0 unspecified atom stereocenters. The van der Waals surface area contributed by atoms with E-state index in [1.54, 1.807) is 0 Å². The molecule has 0 radical (unpaired) electrons. The highest BCUT2D eigenvalue weighted by Crippen LogP contribution is 2.44. The van der Waals surface area contributed by atoms with Crippen molar-refractivity contribution in [2.24, 2.45) is 11.8 Å². The SMILES string of the molecule is O=c1[nH]cc(S(=O)(=O)N[C@@H]2C[C@H]3CC[C@H]2C3)c(=O)[nH]1. The van der Waals surface area contributed by atoms with Crippen molar-refractivity contribution in [3.8, 4) is 0 Å². The number of aromatic amines is 2. The zero-order valence-corrected chi connectivity index (χ0v) is 11.0. The molecule has 104 valence electrons. The van der Waals surface area contributed by atoms with E-state index in [1.807, 2.05) is 4.98 Å². The van der Waals surface area contributed by atoms with Crippen LogP contribution in [0.5, 0.6) is 0 Å². The van der Waals surface area contributed by atoms with Crippen molar-refractivity contribution in [3.63, 3.8) is 0 Å². The molecule has 1 aromatic rings. The Morgan fingerprint density at radius 1 is 1.21 bits per heavy atom. The Morgan fingerprint density at radius 3 is 2.58 bits per heavy atom. The topological polar surface area (TPSA) is 112 Å². The van der Waals surface area contributed by atoms with E-state index in [9.17, 15) is 18.0 Å². The molecule has 19 heavy (non-hydrogen) atoms. The first kappa shape index (κ1) is 12.6. The molecule has 3 atom stereocenters. The summed E-state index contributed by atoms with van der Waals surface area (Å²) >= 11 is 0. The minimum atomic E-state index is -3.88. The van der Waals surface area contributed by atoms with Gasteiger partial charge in [-0.3, -0.25) is 9.78 Å². The Morgan fingerprint density at radius 2 is 2.00 bits per heavy atom. The van der Waals surface area contributed by atoms with Crippen molar-refractivity contribution < 1.29 is 8.42 Å². The van der Waals surface area contributed by atoms with Crippen LogP contribution < -0.4 is 16.0 Å². The van der Waals surface area contributed by atoms with E-state index in [2.05, 4.69) is 9.71 Å². The second-order valence-electron chi connectivity index (χ2n) is 5.34. The minimum Gasteiger partial charge on any atom is -0.313 e. The molecular weight excluding hydrogens is 270 g/mol. The quantitative estimate of drug-likeness (QED) is 0.697. The first-order valence-corrected chi connectivity index (χ1v) is 7.78. The summed E-state index contributed by atoms with van der Waals surface area (Å²) in [6.07, 6.45) is 5.05. The van der Waals surface area contributed by atoms with Crippen molar-refractivity contribution in [1.29, 1.82) is 0 Å². The molecular formula is C11H15N3O4S. The summed E-state index contributed by atoms with van der Waals surface area (Å²) in [6.45, 7) is 0. The molecule has 0 aliphatic heterocycles. The number of aromatic nitrogens is 2. The maximum absolute atomic E-state index is 12.1. The number of nitrogens with one attached hydrogen (secondary N) is 3. The average Bonchev–Trinajstić information content (AvgIpc) is 2.89. The number of hydrogen-bond acceptors (Lipinski definition) is 4. The van der Waals surface area contributed by atoms with Crippen molar-refractivity contribution >= 4 is 10.0 Å². The Hall–Kier alpha value is -1.41. The molecule has 3 rings (SSSR count). The van der Waals surface area contributed by atoms with Crippen LogP contribution in [0, 0.1) is 11.8 Å². The van der Waals surface area contributed by atoms with Crippen LogP contribution in [0.15, 0.2) is 20.7 Å². The lowest BCUT2D eigenvalue weighted by molar-refractivity contribution is 0.390. The molecule has 0 spiro atoms. The summed E-state index contributed by atoms with van der Waals surface area (Å²) in [5.74, 6) is 0.980. The summed E-state index contributed by atoms with van der Waals surface area (Å²) in [4.78, 5) is 26.1. The predicted molar refractivity (Wildman–Crippen MR) is 67.2 cm³/mol. The van der Waals surface area contributed by atoms with Crippen LogP contribution in [0.3, 0.4) is 0 Å². The number of fused-ring (bicyclic) bond motifs is 2. The highest BCUT2D eigenvalue weighted by Gasteiger charge is 2.41. The smallest absolute Gasteiger partial charge is 0.313 e. The molecule has 0 aromatic carbocycles. The van der Waals surface area contributed by atoms with Crippen molar-refractivity contribution in [2.45, 2.75) is 36.6 Å². The fourth-order valence-electron chi connectivity index (χ4n) is 3.25. The molecule has 3 N–H and O–H groups in total. The van der Waals surface area contributed by atoms with Gasteiger partial charge in [-0.15, -0.1) is 0 Å². The molecule has 8 heteroatoms. The van der Waals surface area contributed by atoms with Crippen LogP contribution in [-0.2, 0) is 10.0 Å². The highest BCUT2D eigenvalue weighted by atomic mass is 32.2. The van der Waals surface area contributed by atoms with E-state index < -0.39 is 26.2 Å². The lowest BCUT2D eigenvalue weighted by Gasteiger charge is -2.22. The predicted octanol–water partition coefficient (Wildman–Crippen LogP) is -0.470. The fraction of sp³-hybridized carbons (Fsp3) is 0.636. The summed E-state index contributed by atoms with van der Waals surface area (Å²) in [5, 5.41) is 0. The zero-order chi connectivity index (χ0) is 13.6. The minimum absolute atomic E-state index is 0.0879. The van der Waals surface area contributed by atoms with Gasteiger partial charge in [0.15, 0.2) is 4.90 Å². The lowest BCUT2D eigenvalue weighted by atomic mass is 9.96. The summed E-state index contributed by atoms with van der Waals surface area (Å²) in [5.41, 5.74) is -1.61. The van der Waals surface area contributed by atoms with E-state index in [-0.39, 0.29) is 6.04 Å². The van der Waals surface area contributed by atoms with E-state index >= 15 is 0 Å². The highest BCUT2D eigenvalue weighted by molar-refractivity contribution is 7.89.